The number of aromatic nitrogens is 1. The number of rotatable bonds is 4. The quantitative estimate of drug-likeness (QED) is 0.713. The van der Waals surface area contributed by atoms with E-state index < -0.39 is 0 Å². The Morgan fingerprint density at radius 1 is 1.15 bits per heavy atom. The zero-order valence-corrected chi connectivity index (χ0v) is 14.9. The van der Waals surface area contributed by atoms with Crippen molar-refractivity contribution in [1.29, 1.82) is 0 Å². The first-order chi connectivity index (χ1) is 13.0. The van der Waals surface area contributed by atoms with Gasteiger partial charge in [0.25, 0.3) is 0 Å². The van der Waals surface area contributed by atoms with Crippen molar-refractivity contribution in [2.24, 2.45) is 0 Å². The number of carbonyl (C=O) groups is 1. The van der Waals surface area contributed by atoms with Gasteiger partial charge in [-0.2, -0.15) is 0 Å². The summed E-state index contributed by atoms with van der Waals surface area (Å²) in [5.41, 5.74) is 1.07. The van der Waals surface area contributed by atoms with Gasteiger partial charge in [-0.3, -0.25) is 9.69 Å². The van der Waals surface area contributed by atoms with Gasteiger partial charge in [0.2, 0.25) is 0 Å². The Kier molecular flexibility index (Phi) is 4.53. The largest absolute Gasteiger partial charge is 0.508 e. The number of fused-ring (bicyclic) bond motifs is 1. The molecule has 2 heterocycles. The molecule has 1 unspecified atom stereocenters. The Morgan fingerprint density at radius 3 is 2.56 bits per heavy atom. The number of hydrogen-bond acceptors (Lipinski definition) is 6. The zero-order chi connectivity index (χ0) is 19.0. The van der Waals surface area contributed by atoms with Crippen molar-refractivity contribution in [1.82, 2.24) is 10.1 Å². The number of hydrogen-bond donors (Lipinski definition) is 1. The van der Waals surface area contributed by atoms with Gasteiger partial charge >= 0.3 is 0 Å². The molecule has 140 valence electrons. The van der Waals surface area contributed by atoms with Crippen molar-refractivity contribution < 1.29 is 18.8 Å². The molecule has 1 N–H and O–H groups in total. The lowest BCUT2D eigenvalue weighted by Crippen LogP contribution is -2.51. The highest BCUT2D eigenvalue weighted by Gasteiger charge is 2.28. The molecule has 0 saturated carbocycles. The van der Waals surface area contributed by atoms with Crippen LogP contribution in [0.2, 0.25) is 0 Å². The monoisotopic (exact) mass is 369 g/mol. The molecule has 0 amide bonds. The van der Waals surface area contributed by atoms with Crippen LogP contribution in [0, 0.1) is 5.82 Å². The van der Waals surface area contributed by atoms with Crippen LogP contribution in [0.4, 0.5) is 10.2 Å². The summed E-state index contributed by atoms with van der Waals surface area (Å²) in [4.78, 5) is 16.9. The molecule has 0 spiro atoms. The van der Waals surface area contributed by atoms with E-state index in [0.29, 0.717) is 37.3 Å². The number of phenolic OH excluding ortho intramolecular Hbond substituents is 1. The van der Waals surface area contributed by atoms with Crippen molar-refractivity contribution in [3.8, 4) is 5.75 Å². The van der Waals surface area contributed by atoms with Gasteiger partial charge in [-0.15, -0.1) is 0 Å². The van der Waals surface area contributed by atoms with E-state index in [9.17, 15) is 14.3 Å². The second-order valence-electron chi connectivity index (χ2n) is 6.76. The second-order valence-corrected chi connectivity index (χ2v) is 6.76. The van der Waals surface area contributed by atoms with Crippen molar-refractivity contribution in [3.63, 3.8) is 0 Å². The fraction of sp³-hybridized carbons (Fsp3) is 0.300. The van der Waals surface area contributed by atoms with E-state index in [1.165, 1.54) is 24.3 Å². The lowest BCUT2D eigenvalue weighted by atomic mass is 10.0. The third-order valence-electron chi connectivity index (χ3n) is 5.11. The van der Waals surface area contributed by atoms with E-state index in [-0.39, 0.29) is 23.4 Å². The molecule has 1 atom stereocenters. The molecule has 6 nitrogen and oxygen atoms in total. The first-order valence-electron chi connectivity index (χ1n) is 8.90. The Balaban J connectivity index is 1.43. The molecule has 0 radical (unpaired) electrons. The van der Waals surface area contributed by atoms with Crippen LogP contribution in [-0.4, -0.2) is 53.2 Å². The number of halogens is 1. The molecule has 0 bridgehead atoms. The number of piperazine rings is 1. The maximum absolute atomic E-state index is 13.1. The van der Waals surface area contributed by atoms with Crippen LogP contribution in [-0.2, 0) is 0 Å². The Hall–Kier alpha value is -2.93. The lowest BCUT2D eigenvalue weighted by molar-refractivity contribution is 0.0829. The Morgan fingerprint density at radius 2 is 1.85 bits per heavy atom. The summed E-state index contributed by atoms with van der Waals surface area (Å²) in [6.45, 7) is 4.73. The highest BCUT2D eigenvalue weighted by Crippen LogP contribution is 2.29. The van der Waals surface area contributed by atoms with Crippen LogP contribution in [0.3, 0.4) is 0 Å². The van der Waals surface area contributed by atoms with Gasteiger partial charge in [-0.25, -0.2) is 4.39 Å². The van der Waals surface area contributed by atoms with Gasteiger partial charge in [-0.05, 0) is 43.3 Å². The summed E-state index contributed by atoms with van der Waals surface area (Å²) in [7, 11) is 0. The molecule has 7 heteroatoms. The minimum Gasteiger partial charge on any atom is -0.508 e. The van der Waals surface area contributed by atoms with Gasteiger partial charge in [0.05, 0.1) is 11.4 Å². The van der Waals surface area contributed by atoms with Gasteiger partial charge in [0, 0.05) is 37.8 Å². The van der Waals surface area contributed by atoms with Crippen LogP contribution in [0.1, 0.15) is 17.3 Å². The number of nitrogens with zero attached hydrogens (tertiary/aromatic N) is 3. The third kappa shape index (κ3) is 3.38. The predicted molar refractivity (Wildman–Crippen MR) is 99.7 cm³/mol. The second kappa shape index (κ2) is 7.00. The standard InChI is InChI=1S/C20H20FN3O3/c1-13(19(26)14-2-4-15(21)5-3-14)23-8-10-24(11-9-23)20-17-7-6-16(25)12-18(17)27-22-20/h2-7,12-13,25H,8-11H2,1H3. The van der Waals surface area contributed by atoms with Crippen LogP contribution < -0.4 is 4.90 Å². The summed E-state index contributed by atoms with van der Waals surface area (Å²) in [5.74, 6) is 0.539. The minimum atomic E-state index is -0.346. The first kappa shape index (κ1) is 17.5. The first-order valence-corrected chi connectivity index (χ1v) is 8.90. The summed E-state index contributed by atoms with van der Waals surface area (Å²) >= 11 is 0. The molecule has 3 aromatic rings. The molecule has 2 aromatic carbocycles. The van der Waals surface area contributed by atoms with E-state index in [1.807, 2.05) is 6.92 Å². The smallest absolute Gasteiger partial charge is 0.180 e. The summed E-state index contributed by atoms with van der Waals surface area (Å²) in [6.07, 6.45) is 0. The number of aromatic hydroxyl groups is 1. The number of ketones is 1. The fourth-order valence-electron chi connectivity index (χ4n) is 3.48. The van der Waals surface area contributed by atoms with Crippen molar-refractivity contribution >= 4 is 22.6 Å². The SMILES string of the molecule is CC(C(=O)c1ccc(F)cc1)N1CCN(c2noc3cc(O)ccc23)CC1. The molecule has 1 saturated heterocycles. The molecule has 1 aromatic heterocycles. The molecular weight excluding hydrogens is 349 g/mol. The molecule has 4 rings (SSSR count). The maximum Gasteiger partial charge on any atom is 0.180 e. The van der Waals surface area contributed by atoms with E-state index >= 15 is 0 Å². The number of Topliss-reactive ketones (excluding diaryl/α,β-unsaturated/α-hetero) is 1. The highest BCUT2D eigenvalue weighted by atomic mass is 19.1. The van der Waals surface area contributed by atoms with Crippen LogP contribution in [0.5, 0.6) is 5.75 Å². The van der Waals surface area contributed by atoms with Gasteiger partial charge < -0.3 is 14.5 Å². The molecule has 27 heavy (non-hydrogen) atoms. The van der Waals surface area contributed by atoms with E-state index in [2.05, 4.69) is 15.0 Å². The average Bonchev–Trinajstić information content (AvgIpc) is 3.10. The summed E-state index contributed by atoms with van der Waals surface area (Å²) in [6, 6.07) is 10.4. The molecule has 1 aliphatic rings. The topological polar surface area (TPSA) is 69.8 Å². The van der Waals surface area contributed by atoms with E-state index in [1.54, 1.807) is 18.2 Å². The normalized spacial score (nSPS) is 16.6. The highest BCUT2D eigenvalue weighted by molar-refractivity contribution is 5.99. The van der Waals surface area contributed by atoms with Crippen LogP contribution in [0.25, 0.3) is 11.0 Å². The van der Waals surface area contributed by atoms with Gasteiger partial charge in [-0.1, -0.05) is 5.16 Å². The maximum atomic E-state index is 13.1. The van der Waals surface area contributed by atoms with Crippen LogP contribution in [0.15, 0.2) is 47.0 Å². The average molecular weight is 369 g/mol. The van der Waals surface area contributed by atoms with E-state index in [0.717, 1.165) is 11.2 Å². The number of anilines is 1. The number of phenols is 1. The third-order valence-corrected chi connectivity index (χ3v) is 5.11. The van der Waals surface area contributed by atoms with Crippen molar-refractivity contribution in [3.05, 3.63) is 53.8 Å². The number of benzene rings is 2. The number of carbonyl (C=O) groups excluding carboxylic acids is 1. The Bertz CT molecular complexity index is 962. The van der Waals surface area contributed by atoms with E-state index in [4.69, 9.17) is 4.52 Å². The Labute approximate surface area is 155 Å². The molecular formula is C20H20FN3O3. The molecule has 1 fully saturated rings. The van der Waals surface area contributed by atoms with Gasteiger partial charge in [0.1, 0.15) is 11.6 Å². The summed E-state index contributed by atoms with van der Waals surface area (Å²) < 4.78 is 18.4. The van der Waals surface area contributed by atoms with Crippen molar-refractivity contribution in [2.75, 3.05) is 31.1 Å². The fourth-order valence-corrected chi connectivity index (χ4v) is 3.48. The summed E-state index contributed by atoms with van der Waals surface area (Å²) in [5, 5.41) is 14.5. The minimum absolute atomic E-state index is 0.00851. The van der Waals surface area contributed by atoms with Crippen LogP contribution >= 0.6 is 0 Å². The molecule has 1 aliphatic heterocycles. The van der Waals surface area contributed by atoms with Gasteiger partial charge in [0.15, 0.2) is 17.2 Å². The van der Waals surface area contributed by atoms with Crippen molar-refractivity contribution in [2.45, 2.75) is 13.0 Å². The zero-order valence-electron chi connectivity index (χ0n) is 14.9. The lowest BCUT2D eigenvalue weighted by Gasteiger charge is -2.37. The predicted octanol–water partition coefficient (Wildman–Crippen LogP) is 3.07. The molecule has 0 aliphatic carbocycles.